The van der Waals surface area contributed by atoms with Gasteiger partial charge in [-0.1, -0.05) is 11.8 Å². The fourth-order valence-electron chi connectivity index (χ4n) is 2.42. The van der Waals surface area contributed by atoms with Gasteiger partial charge in [0.15, 0.2) is 5.17 Å². The van der Waals surface area contributed by atoms with Crippen LogP contribution >= 0.6 is 34.4 Å². The van der Waals surface area contributed by atoms with Gasteiger partial charge < -0.3 is 10.1 Å². The van der Waals surface area contributed by atoms with Gasteiger partial charge in [-0.2, -0.15) is 0 Å². The molecule has 8 heteroatoms. The van der Waals surface area contributed by atoms with E-state index in [4.69, 9.17) is 4.74 Å². The lowest BCUT2D eigenvalue weighted by Crippen LogP contribution is -2.43. The highest BCUT2D eigenvalue weighted by atomic mass is 127. The van der Waals surface area contributed by atoms with E-state index in [1.807, 2.05) is 24.3 Å². The second-order valence-corrected chi connectivity index (χ2v) is 8.27. The molecule has 3 rings (SSSR count). The molecule has 2 aromatic rings. The van der Waals surface area contributed by atoms with E-state index >= 15 is 0 Å². The van der Waals surface area contributed by atoms with E-state index in [1.54, 1.807) is 38.4 Å². The Balaban J connectivity index is 1.74. The Bertz CT molecular complexity index is 869. The number of aliphatic imine (C=N–C) groups is 1. The van der Waals surface area contributed by atoms with E-state index < -0.39 is 5.25 Å². The number of carbonyl (C=O) groups is 2. The van der Waals surface area contributed by atoms with Crippen molar-refractivity contribution in [3.05, 3.63) is 52.1 Å². The maximum atomic E-state index is 12.6. The lowest BCUT2D eigenvalue weighted by Gasteiger charge is -2.28. The van der Waals surface area contributed by atoms with Gasteiger partial charge >= 0.3 is 0 Å². The van der Waals surface area contributed by atoms with Gasteiger partial charge in [-0.05, 0) is 71.1 Å². The molecule has 1 N–H and O–H groups in total. The van der Waals surface area contributed by atoms with Gasteiger partial charge in [-0.3, -0.25) is 14.5 Å². The summed E-state index contributed by atoms with van der Waals surface area (Å²) in [5.74, 6) is 0.360. The van der Waals surface area contributed by atoms with Crippen LogP contribution in [0.25, 0.3) is 0 Å². The summed E-state index contributed by atoms with van der Waals surface area (Å²) in [7, 11) is 3.27. The summed E-state index contributed by atoms with van der Waals surface area (Å²) in [6.07, 6.45) is 0.134. The number of ether oxygens (including phenoxy) is 1. The van der Waals surface area contributed by atoms with Crippen LogP contribution < -0.4 is 10.1 Å². The molecule has 1 atom stereocenters. The molecule has 2 aromatic carbocycles. The maximum absolute atomic E-state index is 12.6. The monoisotopic (exact) mass is 495 g/mol. The van der Waals surface area contributed by atoms with Crippen molar-refractivity contribution in [1.82, 2.24) is 4.90 Å². The topological polar surface area (TPSA) is 71.0 Å². The second kappa shape index (κ2) is 8.75. The Hall–Kier alpha value is -2.07. The Labute approximate surface area is 175 Å². The molecule has 0 bridgehead atoms. The Morgan fingerprint density at radius 2 is 1.89 bits per heavy atom. The molecule has 0 spiro atoms. The van der Waals surface area contributed by atoms with Crippen LogP contribution in [0.3, 0.4) is 0 Å². The molecule has 1 aliphatic heterocycles. The number of nitrogens with zero attached hydrogens (tertiary/aromatic N) is 2. The number of amides is 2. The molecule has 1 saturated heterocycles. The molecule has 0 aliphatic carbocycles. The molecule has 140 valence electrons. The van der Waals surface area contributed by atoms with Crippen LogP contribution in [0.1, 0.15) is 6.42 Å². The molecule has 1 aliphatic rings. The highest BCUT2D eigenvalue weighted by Crippen LogP contribution is 2.29. The van der Waals surface area contributed by atoms with E-state index in [2.05, 4.69) is 32.9 Å². The molecule has 2 amide bonds. The number of thioether (sulfide) groups is 1. The second-order valence-electron chi connectivity index (χ2n) is 5.85. The fourth-order valence-corrected chi connectivity index (χ4v) is 3.84. The molecule has 0 unspecified atom stereocenters. The number of anilines is 1. The Kier molecular flexibility index (Phi) is 6.38. The molecule has 1 fully saturated rings. The minimum Gasteiger partial charge on any atom is -0.497 e. The van der Waals surface area contributed by atoms with Crippen molar-refractivity contribution >= 4 is 62.7 Å². The minimum absolute atomic E-state index is 0.132. The normalized spacial score (nSPS) is 18.5. The average molecular weight is 495 g/mol. The van der Waals surface area contributed by atoms with E-state index in [-0.39, 0.29) is 18.2 Å². The first kappa shape index (κ1) is 19.7. The van der Waals surface area contributed by atoms with Gasteiger partial charge in [0.05, 0.1) is 12.8 Å². The van der Waals surface area contributed by atoms with Crippen molar-refractivity contribution in [3.8, 4) is 5.75 Å². The van der Waals surface area contributed by atoms with Crippen molar-refractivity contribution in [2.24, 2.45) is 4.99 Å². The number of carbonyl (C=O) groups excluding carboxylic acids is 2. The Morgan fingerprint density at radius 1 is 1.22 bits per heavy atom. The number of benzene rings is 2. The Morgan fingerprint density at radius 3 is 2.52 bits per heavy atom. The van der Waals surface area contributed by atoms with E-state index in [0.29, 0.717) is 16.6 Å². The molecule has 27 heavy (non-hydrogen) atoms. The van der Waals surface area contributed by atoms with Gasteiger partial charge in [0.25, 0.3) is 0 Å². The summed E-state index contributed by atoms with van der Waals surface area (Å²) in [5, 5.41) is 2.83. The molecule has 1 heterocycles. The smallest absolute Gasteiger partial charge is 0.238 e. The summed E-state index contributed by atoms with van der Waals surface area (Å²) in [6.45, 7) is 0. The summed E-state index contributed by atoms with van der Waals surface area (Å²) < 4.78 is 6.22. The van der Waals surface area contributed by atoms with Crippen molar-refractivity contribution in [2.45, 2.75) is 11.7 Å². The number of hydrogen-bond donors (Lipinski definition) is 1. The number of halogens is 1. The first-order valence-corrected chi connectivity index (χ1v) is 10.1. The first-order valence-electron chi connectivity index (χ1n) is 8.18. The van der Waals surface area contributed by atoms with E-state index in [9.17, 15) is 9.59 Å². The van der Waals surface area contributed by atoms with E-state index in [1.165, 1.54) is 16.7 Å². The predicted octanol–water partition coefficient (Wildman–Crippen LogP) is 3.89. The minimum atomic E-state index is -0.529. The molecule has 0 saturated carbocycles. The highest BCUT2D eigenvalue weighted by molar-refractivity contribution is 14.1. The van der Waals surface area contributed by atoms with Gasteiger partial charge in [0.2, 0.25) is 11.8 Å². The van der Waals surface area contributed by atoms with Crippen LogP contribution in [0.5, 0.6) is 5.75 Å². The zero-order chi connectivity index (χ0) is 19.4. The van der Waals surface area contributed by atoms with Gasteiger partial charge in [-0.15, -0.1) is 0 Å². The third kappa shape index (κ3) is 5.01. The molecule has 6 nitrogen and oxygen atoms in total. The SMILES string of the molecule is COc1ccc(NC(=O)[C@@H]2CC(=O)N(C)C(=Nc3ccc(I)cc3)S2)cc1. The largest absolute Gasteiger partial charge is 0.497 e. The molecular formula is C19H18IN3O3S. The van der Waals surface area contributed by atoms with Gasteiger partial charge in [-0.25, -0.2) is 4.99 Å². The van der Waals surface area contributed by atoms with Crippen molar-refractivity contribution in [2.75, 3.05) is 19.5 Å². The number of nitrogens with one attached hydrogen (secondary N) is 1. The lowest BCUT2D eigenvalue weighted by atomic mass is 10.2. The third-order valence-electron chi connectivity index (χ3n) is 3.97. The molecular weight excluding hydrogens is 477 g/mol. The highest BCUT2D eigenvalue weighted by Gasteiger charge is 2.34. The summed E-state index contributed by atoms with van der Waals surface area (Å²) in [5.41, 5.74) is 1.40. The third-order valence-corrected chi connectivity index (χ3v) is 5.93. The number of amidine groups is 1. The van der Waals surface area contributed by atoms with Crippen LogP contribution in [0.15, 0.2) is 53.5 Å². The van der Waals surface area contributed by atoms with Crippen molar-refractivity contribution < 1.29 is 14.3 Å². The van der Waals surface area contributed by atoms with E-state index in [0.717, 1.165) is 9.26 Å². The van der Waals surface area contributed by atoms with Crippen LogP contribution in [-0.2, 0) is 9.59 Å². The predicted molar refractivity (Wildman–Crippen MR) is 117 cm³/mol. The zero-order valence-corrected chi connectivity index (χ0v) is 17.8. The van der Waals surface area contributed by atoms with Gasteiger partial charge in [0, 0.05) is 22.7 Å². The van der Waals surface area contributed by atoms with Crippen LogP contribution in [-0.4, -0.2) is 41.3 Å². The number of rotatable bonds is 4. The van der Waals surface area contributed by atoms with Crippen molar-refractivity contribution in [3.63, 3.8) is 0 Å². The van der Waals surface area contributed by atoms with Gasteiger partial charge in [0.1, 0.15) is 11.0 Å². The number of methoxy groups -OCH3 is 1. The molecule has 0 radical (unpaired) electrons. The standard InChI is InChI=1S/C19H18IN3O3S/c1-23-17(24)11-16(18(25)21-13-7-9-15(26-2)10-8-13)27-19(23)22-14-5-3-12(20)4-6-14/h3-10,16H,11H2,1-2H3,(H,21,25)/t16-/m0/s1. The lowest BCUT2D eigenvalue weighted by molar-refractivity contribution is -0.128. The van der Waals surface area contributed by atoms with Crippen LogP contribution in [0, 0.1) is 3.57 Å². The quantitative estimate of drug-likeness (QED) is 0.654. The summed E-state index contributed by atoms with van der Waals surface area (Å²) in [4.78, 5) is 31.0. The number of hydrogen-bond acceptors (Lipinski definition) is 5. The summed E-state index contributed by atoms with van der Waals surface area (Å²) >= 11 is 3.52. The average Bonchev–Trinajstić information content (AvgIpc) is 2.67. The summed E-state index contributed by atoms with van der Waals surface area (Å²) in [6, 6.07) is 14.7. The van der Waals surface area contributed by atoms with Crippen molar-refractivity contribution in [1.29, 1.82) is 0 Å². The molecule has 0 aromatic heterocycles. The van der Waals surface area contributed by atoms with Crippen LogP contribution in [0.2, 0.25) is 0 Å². The van der Waals surface area contributed by atoms with Crippen LogP contribution in [0.4, 0.5) is 11.4 Å². The fraction of sp³-hybridized carbons (Fsp3) is 0.211. The first-order chi connectivity index (χ1) is 13.0. The zero-order valence-electron chi connectivity index (χ0n) is 14.8. The maximum Gasteiger partial charge on any atom is 0.238 e.